The van der Waals surface area contributed by atoms with Gasteiger partial charge in [0.1, 0.15) is 0 Å². The molecule has 0 amide bonds. The first kappa shape index (κ1) is 27.1. The van der Waals surface area contributed by atoms with Crippen LogP contribution in [0.4, 0.5) is 0 Å². The molecule has 0 unspecified atom stereocenters. The van der Waals surface area contributed by atoms with Gasteiger partial charge in [0.25, 0.3) is 0 Å². The average Bonchev–Trinajstić information content (AvgIpc) is 3.20. The van der Waals surface area contributed by atoms with Crippen LogP contribution in [0.15, 0.2) is 97.1 Å². The summed E-state index contributed by atoms with van der Waals surface area (Å²) in [6.45, 7) is 12.4. The van der Waals surface area contributed by atoms with Gasteiger partial charge in [-0.15, -0.1) is 0 Å². The summed E-state index contributed by atoms with van der Waals surface area (Å²) >= 11 is 0. The molecule has 6 rings (SSSR count). The molecular weight excluding hydrogens is 505 g/mol. The third kappa shape index (κ3) is 5.45. The predicted molar refractivity (Wildman–Crippen MR) is 167 cm³/mol. The van der Waals surface area contributed by atoms with Crippen LogP contribution in [0.25, 0.3) is 45.3 Å². The summed E-state index contributed by atoms with van der Waals surface area (Å²) in [4.78, 5) is 14.6. The van der Waals surface area contributed by atoms with Crippen molar-refractivity contribution in [2.24, 2.45) is 0 Å². The molecular formula is C35H34BN3O2. The molecule has 1 aliphatic heterocycles. The molecule has 0 spiro atoms. The first-order valence-electron chi connectivity index (χ1n) is 14.0. The second kappa shape index (κ2) is 10.4. The Labute approximate surface area is 242 Å². The third-order valence-electron chi connectivity index (χ3n) is 8.17. The number of benzene rings is 4. The molecule has 5 nitrogen and oxygen atoms in total. The molecule has 0 N–H and O–H groups in total. The van der Waals surface area contributed by atoms with E-state index in [0.717, 1.165) is 33.3 Å². The Morgan fingerprint density at radius 1 is 0.439 bits per heavy atom. The SMILES string of the molecule is Cc1ccc(-c2nc(-c3ccc(C)cc3)nc(-c3ccc(-c4ccc(B5OC(C)(C)C(C)(C)O5)cc4)cc3)n2)cc1. The zero-order valence-electron chi connectivity index (χ0n) is 24.5. The van der Waals surface area contributed by atoms with Gasteiger partial charge in [-0.25, -0.2) is 15.0 Å². The second-order valence-electron chi connectivity index (χ2n) is 11.8. The molecule has 1 aliphatic rings. The van der Waals surface area contributed by atoms with Crippen molar-refractivity contribution in [3.63, 3.8) is 0 Å². The maximum atomic E-state index is 6.21. The summed E-state index contributed by atoms with van der Waals surface area (Å²) in [6.07, 6.45) is 0. The van der Waals surface area contributed by atoms with E-state index in [1.54, 1.807) is 0 Å². The minimum Gasteiger partial charge on any atom is -0.399 e. The maximum Gasteiger partial charge on any atom is 0.494 e. The predicted octanol–water partition coefficient (Wildman–Crippen LogP) is 7.46. The number of aromatic nitrogens is 3. The van der Waals surface area contributed by atoms with Gasteiger partial charge >= 0.3 is 7.12 Å². The van der Waals surface area contributed by atoms with E-state index in [9.17, 15) is 0 Å². The fourth-order valence-corrected chi connectivity index (χ4v) is 4.79. The molecule has 1 fully saturated rings. The van der Waals surface area contributed by atoms with Crippen LogP contribution < -0.4 is 5.46 Å². The van der Waals surface area contributed by atoms with E-state index >= 15 is 0 Å². The van der Waals surface area contributed by atoms with Crippen LogP contribution in [0.3, 0.4) is 0 Å². The van der Waals surface area contributed by atoms with Gasteiger partial charge in [0.05, 0.1) is 11.2 Å². The van der Waals surface area contributed by atoms with Crippen LogP contribution in [0.1, 0.15) is 38.8 Å². The van der Waals surface area contributed by atoms with E-state index in [0.29, 0.717) is 17.5 Å². The molecule has 2 heterocycles. The Kier molecular flexibility index (Phi) is 6.84. The largest absolute Gasteiger partial charge is 0.494 e. The Hall–Kier alpha value is -4.13. The molecule has 0 saturated carbocycles. The van der Waals surface area contributed by atoms with Crippen LogP contribution >= 0.6 is 0 Å². The van der Waals surface area contributed by atoms with Crippen molar-refractivity contribution in [3.8, 4) is 45.3 Å². The molecule has 4 aromatic carbocycles. The van der Waals surface area contributed by atoms with Crippen LogP contribution in [-0.2, 0) is 9.31 Å². The number of aryl methyl sites for hydroxylation is 2. The van der Waals surface area contributed by atoms with E-state index < -0.39 is 0 Å². The van der Waals surface area contributed by atoms with Gasteiger partial charge in [0, 0.05) is 16.7 Å². The molecule has 6 heteroatoms. The monoisotopic (exact) mass is 539 g/mol. The van der Waals surface area contributed by atoms with Gasteiger partial charge in [-0.05, 0) is 58.1 Å². The number of hydrogen-bond donors (Lipinski definition) is 0. The first-order chi connectivity index (χ1) is 19.6. The Morgan fingerprint density at radius 2 is 0.732 bits per heavy atom. The number of hydrogen-bond acceptors (Lipinski definition) is 5. The normalized spacial score (nSPS) is 15.7. The van der Waals surface area contributed by atoms with E-state index in [2.05, 4.69) is 139 Å². The summed E-state index contributed by atoms with van der Waals surface area (Å²) in [6, 6.07) is 33.3. The molecule has 0 aliphatic carbocycles. The molecule has 0 atom stereocenters. The lowest BCUT2D eigenvalue weighted by Crippen LogP contribution is -2.41. The van der Waals surface area contributed by atoms with E-state index in [-0.39, 0.29) is 18.3 Å². The van der Waals surface area contributed by atoms with Crippen LogP contribution in [-0.4, -0.2) is 33.3 Å². The molecule has 5 aromatic rings. The van der Waals surface area contributed by atoms with Crippen molar-refractivity contribution in [1.82, 2.24) is 15.0 Å². The van der Waals surface area contributed by atoms with E-state index in [1.165, 1.54) is 11.1 Å². The summed E-state index contributed by atoms with van der Waals surface area (Å²) in [7, 11) is -0.370. The zero-order chi connectivity index (χ0) is 28.8. The fraction of sp³-hybridized carbons (Fsp3) is 0.229. The molecule has 0 bridgehead atoms. The van der Waals surface area contributed by atoms with Crippen LogP contribution in [0, 0.1) is 13.8 Å². The molecule has 204 valence electrons. The minimum atomic E-state index is -0.370. The van der Waals surface area contributed by atoms with Crippen molar-refractivity contribution in [2.75, 3.05) is 0 Å². The topological polar surface area (TPSA) is 57.1 Å². The fourth-order valence-electron chi connectivity index (χ4n) is 4.79. The van der Waals surface area contributed by atoms with Gasteiger partial charge in [0.15, 0.2) is 17.5 Å². The van der Waals surface area contributed by atoms with Crippen molar-refractivity contribution in [1.29, 1.82) is 0 Å². The highest BCUT2D eigenvalue weighted by molar-refractivity contribution is 6.62. The maximum absolute atomic E-state index is 6.21. The first-order valence-corrected chi connectivity index (χ1v) is 14.0. The van der Waals surface area contributed by atoms with E-state index in [4.69, 9.17) is 24.3 Å². The Balaban J connectivity index is 1.30. The number of nitrogens with zero attached hydrogens (tertiary/aromatic N) is 3. The van der Waals surface area contributed by atoms with Crippen molar-refractivity contribution in [2.45, 2.75) is 52.7 Å². The van der Waals surface area contributed by atoms with Gasteiger partial charge in [-0.2, -0.15) is 0 Å². The van der Waals surface area contributed by atoms with Gasteiger partial charge in [0.2, 0.25) is 0 Å². The highest BCUT2D eigenvalue weighted by atomic mass is 16.7. The summed E-state index contributed by atoms with van der Waals surface area (Å²) in [5.41, 5.74) is 7.78. The van der Waals surface area contributed by atoms with Crippen LogP contribution in [0.2, 0.25) is 0 Å². The lowest BCUT2D eigenvalue weighted by atomic mass is 9.78. The summed E-state index contributed by atoms with van der Waals surface area (Å²) in [5.74, 6) is 1.97. The van der Waals surface area contributed by atoms with Crippen molar-refractivity contribution >= 4 is 12.6 Å². The molecule has 1 aromatic heterocycles. The quantitative estimate of drug-likeness (QED) is 0.217. The van der Waals surface area contributed by atoms with Gasteiger partial charge in [-0.3, -0.25) is 0 Å². The van der Waals surface area contributed by atoms with Gasteiger partial charge in [-0.1, -0.05) is 108 Å². The zero-order valence-corrected chi connectivity index (χ0v) is 24.5. The van der Waals surface area contributed by atoms with Crippen molar-refractivity contribution in [3.05, 3.63) is 108 Å². The molecule has 41 heavy (non-hydrogen) atoms. The lowest BCUT2D eigenvalue weighted by molar-refractivity contribution is 0.00578. The average molecular weight is 539 g/mol. The second-order valence-corrected chi connectivity index (χ2v) is 11.8. The molecule has 0 radical (unpaired) electrons. The summed E-state index contributed by atoms with van der Waals surface area (Å²) in [5, 5.41) is 0. The highest BCUT2D eigenvalue weighted by Gasteiger charge is 2.51. The van der Waals surface area contributed by atoms with Crippen LogP contribution in [0.5, 0.6) is 0 Å². The Morgan fingerprint density at radius 3 is 1.10 bits per heavy atom. The van der Waals surface area contributed by atoms with Gasteiger partial charge < -0.3 is 9.31 Å². The number of rotatable bonds is 5. The summed E-state index contributed by atoms with van der Waals surface area (Å²) < 4.78 is 12.4. The lowest BCUT2D eigenvalue weighted by Gasteiger charge is -2.32. The highest BCUT2D eigenvalue weighted by Crippen LogP contribution is 2.36. The standard InChI is InChI=1S/C35H34BN3O2/c1-23-7-11-27(12-8-23)31-37-32(28-13-9-24(2)10-14-28)39-33(38-31)29-17-15-25(16-18-29)26-19-21-30(22-20-26)36-40-34(3,4)35(5,6)41-36/h7-22H,1-6H3. The Bertz CT molecular complexity index is 1600. The molecule has 1 saturated heterocycles. The minimum absolute atomic E-state index is 0.361. The van der Waals surface area contributed by atoms with Crippen molar-refractivity contribution < 1.29 is 9.31 Å². The van der Waals surface area contributed by atoms with E-state index in [1.807, 2.05) is 0 Å². The smallest absolute Gasteiger partial charge is 0.399 e. The third-order valence-corrected chi connectivity index (χ3v) is 8.17.